The normalized spacial score (nSPS) is 13.9. The van der Waals surface area contributed by atoms with E-state index in [0.717, 1.165) is 25.9 Å². The lowest BCUT2D eigenvalue weighted by Gasteiger charge is -2.26. The first-order chi connectivity index (χ1) is 14.2. The Hall–Kier alpha value is -3.63. The Morgan fingerprint density at radius 3 is 2.79 bits per heavy atom. The van der Waals surface area contributed by atoms with Gasteiger partial charge >= 0.3 is 6.01 Å². The Kier molecular flexibility index (Phi) is 5.54. The number of rotatable bonds is 6. The molecule has 1 saturated heterocycles. The minimum atomic E-state index is -0.251. The number of aromatic nitrogens is 7. The molecule has 29 heavy (non-hydrogen) atoms. The zero-order chi connectivity index (χ0) is 20.1. The van der Waals surface area contributed by atoms with Gasteiger partial charge in [-0.1, -0.05) is 6.07 Å². The molecule has 1 aliphatic heterocycles. The van der Waals surface area contributed by atoms with Gasteiger partial charge in [0.1, 0.15) is 6.33 Å². The number of piperidine rings is 1. The van der Waals surface area contributed by atoms with Gasteiger partial charge in [0.2, 0.25) is 5.95 Å². The molecule has 1 aliphatic rings. The number of hydrogen-bond donors (Lipinski definition) is 1. The highest BCUT2D eigenvalue weighted by molar-refractivity contribution is 5.94. The first-order valence-corrected chi connectivity index (χ1v) is 9.38. The summed E-state index contributed by atoms with van der Waals surface area (Å²) in [6.45, 7) is 1.97. The van der Waals surface area contributed by atoms with Gasteiger partial charge in [0.15, 0.2) is 5.82 Å². The van der Waals surface area contributed by atoms with E-state index in [-0.39, 0.29) is 18.5 Å². The molecule has 2 aromatic heterocycles. The molecule has 0 bridgehead atoms. The van der Waals surface area contributed by atoms with Crippen molar-refractivity contribution in [3.05, 3.63) is 42.0 Å². The predicted octanol–water partition coefficient (Wildman–Crippen LogP) is 0.776. The van der Waals surface area contributed by atoms with Crippen molar-refractivity contribution in [2.45, 2.75) is 25.8 Å². The van der Waals surface area contributed by atoms with Gasteiger partial charge in [-0.3, -0.25) is 4.79 Å². The average Bonchev–Trinajstić information content (AvgIpc) is 3.33. The molecule has 1 fully saturated rings. The van der Waals surface area contributed by atoms with Crippen LogP contribution in [0, 0.1) is 0 Å². The maximum atomic E-state index is 12.6. The molecule has 0 spiro atoms. The fourth-order valence-electron chi connectivity index (χ4n) is 3.12. The minimum Gasteiger partial charge on any atom is -0.467 e. The molecule has 11 nitrogen and oxygen atoms in total. The standard InChI is InChI=1S/C18H21N9O2/c1-29-18-22-15(21-17(23-18)26-8-3-2-4-9-26)11-19-16(28)13-6-5-7-14(10-13)27-12-20-24-25-27/h5-7,10,12H,2-4,8-9,11H2,1H3,(H,19,28). The van der Waals surface area contributed by atoms with E-state index >= 15 is 0 Å². The van der Waals surface area contributed by atoms with Crippen LogP contribution < -0.4 is 15.0 Å². The molecule has 0 aliphatic carbocycles. The lowest BCUT2D eigenvalue weighted by molar-refractivity contribution is 0.0949. The Labute approximate surface area is 167 Å². The number of amides is 1. The predicted molar refractivity (Wildman–Crippen MR) is 103 cm³/mol. The molecule has 0 radical (unpaired) electrons. The molecule has 0 unspecified atom stereocenters. The van der Waals surface area contributed by atoms with E-state index < -0.39 is 0 Å². The smallest absolute Gasteiger partial charge is 0.321 e. The number of tetrazole rings is 1. The van der Waals surface area contributed by atoms with Gasteiger partial charge in [-0.15, -0.1) is 5.10 Å². The second kappa shape index (κ2) is 8.59. The van der Waals surface area contributed by atoms with Crippen molar-refractivity contribution in [3.8, 4) is 11.7 Å². The number of nitrogens with zero attached hydrogens (tertiary/aromatic N) is 8. The Morgan fingerprint density at radius 1 is 1.17 bits per heavy atom. The molecular formula is C18H21N9O2. The first kappa shape index (κ1) is 18.7. The second-order valence-corrected chi connectivity index (χ2v) is 6.57. The molecule has 3 aromatic rings. The van der Waals surface area contributed by atoms with Crippen molar-refractivity contribution in [2.24, 2.45) is 0 Å². The number of nitrogens with one attached hydrogen (secondary N) is 1. The summed E-state index contributed by atoms with van der Waals surface area (Å²) < 4.78 is 6.70. The summed E-state index contributed by atoms with van der Waals surface area (Å²) in [5.74, 6) is 0.780. The van der Waals surface area contributed by atoms with Crippen LogP contribution in [0.15, 0.2) is 30.6 Å². The highest BCUT2D eigenvalue weighted by Crippen LogP contribution is 2.17. The van der Waals surface area contributed by atoms with Crippen molar-refractivity contribution >= 4 is 11.9 Å². The zero-order valence-electron chi connectivity index (χ0n) is 16.0. The van der Waals surface area contributed by atoms with Crippen LogP contribution in [0.4, 0.5) is 5.95 Å². The lowest BCUT2D eigenvalue weighted by Crippen LogP contribution is -2.32. The van der Waals surface area contributed by atoms with Crippen LogP contribution in [0.3, 0.4) is 0 Å². The van der Waals surface area contributed by atoms with Crippen LogP contribution in [0.5, 0.6) is 6.01 Å². The zero-order valence-corrected chi connectivity index (χ0v) is 16.0. The fourth-order valence-corrected chi connectivity index (χ4v) is 3.12. The molecular weight excluding hydrogens is 374 g/mol. The van der Waals surface area contributed by atoms with Crippen LogP contribution in [-0.4, -0.2) is 61.3 Å². The summed E-state index contributed by atoms with van der Waals surface area (Å²) in [6.07, 6.45) is 4.90. The van der Waals surface area contributed by atoms with Crippen molar-refractivity contribution in [2.75, 3.05) is 25.1 Å². The van der Waals surface area contributed by atoms with Gasteiger partial charge in [-0.05, 0) is 47.9 Å². The number of carbonyl (C=O) groups excluding carboxylic acids is 1. The minimum absolute atomic E-state index is 0.160. The van der Waals surface area contributed by atoms with E-state index in [1.54, 1.807) is 18.2 Å². The molecule has 11 heteroatoms. The van der Waals surface area contributed by atoms with Gasteiger partial charge in [-0.2, -0.15) is 15.0 Å². The highest BCUT2D eigenvalue weighted by atomic mass is 16.5. The van der Waals surface area contributed by atoms with Crippen LogP contribution in [-0.2, 0) is 6.54 Å². The van der Waals surface area contributed by atoms with Gasteiger partial charge in [0.25, 0.3) is 5.91 Å². The van der Waals surface area contributed by atoms with E-state index in [9.17, 15) is 4.79 Å². The van der Waals surface area contributed by atoms with E-state index in [0.29, 0.717) is 23.0 Å². The highest BCUT2D eigenvalue weighted by Gasteiger charge is 2.17. The van der Waals surface area contributed by atoms with Gasteiger partial charge in [-0.25, -0.2) is 4.68 Å². The van der Waals surface area contributed by atoms with Gasteiger partial charge in [0.05, 0.1) is 19.3 Å². The Balaban J connectivity index is 1.47. The molecule has 0 saturated carbocycles. The van der Waals surface area contributed by atoms with Crippen molar-refractivity contribution in [1.82, 2.24) is 40.5 Å². The third kappa shape index (κ3) is 4.45. The summed E-state index contributed by atoms with van der Waals surface area (Å²) in [4.78, 5) is 27.8. The van der Waals surface area contributed by atoms with Crippen LogP contribution in [0.25, 0.3) is 5.69 Å². The lowest BCUT2D eigenvalue weighted by atomic mass is 10.1. The third-order valence-corrected chi connectivity index (χ3v) is 4.60. The molecule has 150 valence electrons. The average molecular weight is 395 g/mol. The maximum absolute atomic E-state index is 12.6. The van der Waals surface area contributed by atoms with Crippen LogP contribution in [0.1, 0.15) is 35.4 Å². The number of hydrogen-bond acceptors (Lipinski definition) is 9. The summed E-state index contributed by atoms with van der Waals surface area (Å²) in [5, 5.41) is 13.9. The molecule has 1 aromatic carbocycles. The molecule has 0 atom stereocenters. The van der Waals surface area contributed by atoms with E-state index in [4.69, 9.17) is 4.74 Å². The SMILES string of the molecule is COc1nc(CNC(=O)c2cccc(-n3cnnn3)c2)nc(N2CCCCC2)n1. The Morgan fingerprint density at radius 2 is 2.03 bits per heavy atom. The van der Waals surface area contributed by atoms with Crippen molar-refractivity contribution in [1.29, 1.82) is 0 Å². The largest absolute Gasteiger partial charge is 0.467 e. The fraction of sp³-hybridized carbons (Fsp3) is 0.389. The molecule has 1 amide bonds. The molecule has 3 heterocycles. The summed E-state index contributed by atoms with van der Waals surface area (Å²) >= 11 is 0. The number of methoxy groups -OCH3 is 1. The van der Waals surface area contributed by atoms with Crippen LogP contribution >= 0.6 is 0 Å². The van der Waals surface area contributed by atoms with E-state index in [2.05, 4.69) is 40.7 Å². The van der Waals surface area contributed by atoms with Crippen molar-refractivity contribution in [3.63, 3.8) is 0 Å². The number of benzene rings is 1. The van der Waals surface area contributed by atoms with Crippen LogP contribution in [0.2, 0.25) is 0 Å². The second-order valence-electron chi connectivity index (χ2n) is 6.57. The summed E-state index contributed by atoms with van der Waals surface area (Å²) in [5.41, 5.74) is 1.17. The molecule has 4 rings (SSSR count). The van der Waals surface area contributed by atoms with E-state index in [1.165, 1.54) is 24.5 Å². The van der Waals surface area contributed by atoms with Gasteiger partial charge in [0, 0.05) is 18.7 Å². The molecule has 1 N–H and O–H groups in total. The number of anilines is 1. The Bertz CT molecular complexity index is 971. The quantitative estimate of drug-likeness (QED) is 0.644. The van der Waals surface area contributed by atoms with E-state index in [1.807, 2.05) is 6.07 Å². The maximum Gasteiger partial charge on any atom is 0.321 e. The number of ether oxygens (including phenoxy) is 1. The van der Waals surface area contributed by atoms with Crippen molar-refractivity contribution < 1.29 is 9.53 Å². The summed E-state index contributed by atoms with van der Waals surface area (Å²) in [7, 11) is 1.52. The monoisotopic (exact) mass is 395 g/mol. The first-order valence-electron chi connectivity index (χ1n) is 9.38. The summed E-state index contributed by atoms with van der Waals surface area (Å²) in [6, 6.07) is 7.25. The number of carbonyl (C=O) groups is 1. The third-order valence-electron chi connectivity index (χ3n) is 4.60. The van der Waals surface area contributed by atoms with Gasteiger partial charge < -0.3 is 15.0 Å². The topological polar surface area (TPSA) is 124 Å².